The minimum Gasteiger partial charge on any atom is -0.299 e. The number of carbonyl (C=O) groups is 3. The molecule has 136 valence electrons. The second-order valence-corrected chi connectivity index (χ2v) is 7.88. The molecule has 1 heterocycles. The molecule has 2 amide bonds. The van der Waals surface area contributed by atoms with Gasteiger partial charge in [-0.15, -0.1) is 0 Å². The summed E-state index contributed by atoms with van der Waals surface area (Å²) in [4.78, 5) is 41.1. The van der Waals surface area contributed by atoms with Crippen LogP contribution in [0.25, 0.3) is 0 Å². The molecule has 6 rings (SSSR count). The molecule has 0 spiro atoms. The average molecular weight is 359 g/mol. The summed E-state index contributed by atoms with van der Waals surface area (Å²) in [6.45, 7) is 3.96. The summed E-state index contributed by atoms with van der Waals surface area (Å²) in [6.07, 6.45) is 1.11. The minimum atomic E-state index is -0.553. The van der Waals surface area contributed by atoms with Crippen molar-refractivity contribution in [2.24, 2.45) is 11.8 Å². The van der Waals surface area contributed by atoms with E-state index < -0.39 is 17.8 Å². The predicted octanol–water partition coefficient (Wildman–Crippen LogP) is 3.52. The largest absolute Gasteiger partial charge is 0.299 e. The second-order valence-electron chi connectivity index (χ2n) is 7.88. The average Bonchev–Trinajstić information content (AvgIpc) is 2.93. The summed E-state index contributed by atoms with van der Waals surface area (Å²) >= 11 is 0. The van der Waals surface area contributed by atoms with Crippen LogP contribution in [0, 0.1) is 18.8 Å². The van der Waals surface area contributed by atoms with E-state index in [1.165, 1.54) is 4.90 Å². The molecule has 27 heavy (non-hydrogen) atoms. The first kappa shape index (κ1) is 16.4. The third-order valence-corrected chi connectivity index (χ3v) is 6.61. The number of nitrogens with zero attached hydrogens (tertiary/aromatic N) is 1. The number of ketones is 1. The number of amides is 2. The standard InChI is InChI=1S/C23H21NO3/c1-3-13-8-6-7-12(2)21(13)24-22(26)19-16-11-17(25)18(20(19)23(24)27)15-10-5-4-9-14(15)16/h4-10,16,18-20H,3,11H2,1-2H3/t16-,18-,19-,20+/m1/s1. The third-order valence-electron chi connectivity index (χ3n) is 6.61. The highest BCUT2D eigenvalue weighted by molar-refractivity contribution is 6.25. The number of anilines is 1. The molecule has 1 saturated heterocycles. The van der Waals surface area contributed by atoms with Crippen molar-refractivity contribution < 1.29 is 14.4 Å². The van der Waals surface area contributed by atoms with Crippen molar-refractivity contribution in [2.75, 3.05) is 4.90 Å². The van der Waals surface area contributed by atoms with Crippen LogP contribution < -0.4 is 4.90 Å². The Kier molecular flexibility index (Phi) is 3.42. The zero-order valence-corrected chi connectivity index (χ0v) is 15.4. The van der Waals surface area contributed by atoms with Gasteiger partial charge in [-0.2, -0.15) is 0 Å². The quantitative estimate of drug-likeness (QED) is 0.771. The topological polar surface area (TPSA) is 54.5 Å². The highest BCUT2D eigenvalue weighted by Gasteiger charge is 2.62. The van der Waals surface area contributed by atoms with Crippen LogP contribution >= 0.6 is 0 Å². The summed E-state index contributed by atoms with van der Waals surface area (Å²) in [5, 5.41) is 0. The molecule has 0 radical (unpaired) electrons. The van der Waals surface area contributed by atoms with Gasteiger partial charge >= 0.3 is 0 Å². The molecular formula is C23H21NO3. The van der Waals surface area contributed by atoms with Crippen LogP contribution in [-0.2, 0) is 20.8 Å². The van der Waals surface area contributed by atoms with Gasteiger partial charge in [-0.05, 0) is 35.6 Å². The van der Waals surface area contributed by atoms with Crippen LogP contribution in [0.3, 0.4) is 0 Å². The van der Waals surface area contributed by atoms with Crippen LogP contribution in [0.15, 0.2) is 42.5 Å². The Bertz CT molecular complexity index is 1010. The van der Waals surface area contributed by atoms with Crippen molar-refractivity contribution in [3.8, 4) is 0 Å². The maximum Gasteiger partial charge on any atom is 0.238 e. The van der Waals surface area contributed by atoms with Crippen molar-refractivity contribution in [3.63, 3.8) is 0 Å². The Labute approximate surface area is 158 Å². The fourth-order valence-electron chi connectivity index (χ4n) is 5.50. The van der Waals surface area contributed by atoms with E-state index in [9.17, 15) is 14.4 Å². The van der Waals surface area contributed by atoms with E-state index in [1.54, 1.807) is 0 Å². The van der Waals surface area contributed by atoms with Crippen molar-refractivity contribution in [3.05, 3.63) is 64.7 Å². The molecular weight excluding hydrogens is 338 g/mol. The van der Waals surface area contributed by atoms with E-state index in [0.717, 1.165) is 34.4 Å². The molecule has 2 bridgehead atoms. The highest BCUT2D eigenvalue weighted by atomic mass is 16.2. The summed E-state index contributed by atoms with van der Waals surface area (Å²) in [5.41, 5.74) is 4.66. The SMILES string of the molecule is CCc1cccc(C)c1N1C(=O)[C@@H]2[C@H](C1=O)[C@@H]1CC(=O)[C@H]2c2ccccc21. The van der Waals surface area contributed by atoms with Crippen molar-refractivity contribution in [2.45, 2.75) is 38.5 Å². The Hall–Kier alpha value is -2.75. The van der Waals surface area contributed by atoms with Gasteiger partial charge in [0.15, 0.2) is 0 Å². The number of benzene rings is 2. The first-order chi connectivity index (χ1) is 13.0. The molecule has 4 nitrogen and oxygen atoms in total. The first-order valence-electron chi connectivity index (χ1n) is 9.62. The second kappa shape index (κ2) is 5.62. The molecule has 3 aliphatic carbocycles. The molecule has 0 aromatic heterocycles. The molecule has 1 saturated carbocycles. The molecule has 2 fully saturated rings. The maximum absolute atomic E-state index is 13.5. The number of carbonyl (C=O) groups excluding carboxylic acids is 3. The Balaban J connectivity index is 1.68. The lowest BCUT2D eigenvalue weighted by Crippen LogP contribution is -2.44. The summed E-state index contributed by atoms with van der Waals surface area (Å²) < 4.78 is 0. The van der Waals surface area contributed by atoms with E-state index in [-0.39, 0.29) is 23.5 Å². The first-order valence-corrected chi connectivity index (χ1v) is 9.62. The van der Waals surface area contributed by atoms with Gasteiger partial charge in [-0.1, -0.05) is 49.4 Å². The van der Waals surface area contributed by atoms with Gasteiger partial charge in [-0.3, -0.25) is 14.4 Å². The number of Topliss-reactive ketones (excluding diaryl/α,β-unsaturated/α-hetero) is 1. The molecule has 1 aliphatic heterocycles. The highest BCUT2D eigenvalue weighted by Crippen LogP contribution is 2.58. The zero-order chi connectivity index (χ0) is 18.9. The van der Waals surface area contributed by atoms with E-state index in [4.69, 9.17) is 0 Å². The fourth-order valence-corrected chi connectivity index (χ4v) is 5.50. The molecule has 0 N–H and O–H groups in total. The van der Waals surface area contributed by atoms with E-state index in [2.05, 4.69) is 0 Å². The number of rotatable bonds is 2. The predicted molar refractivity (Wildman–Crippen MR) is 102 cm³/mol. The number of para-hydroxylation sites is 1. The van der Waals surface area contributed by atoms with Gasteiger partial charge in [0.05, 0.1) is 23.4 Å². The number of fused-ring (bicyclic) bond motifs is 1. The number of hydrogen-bond acceptors (Lipinski definition) is 3. The van der Waals surface area contributed by atoms with Gasteiger partial charge in [-0.25, -0.2) is 4.90 Å². The minimum absolute atomic E-state index is 0.100. The van der Waals surface area contributed by atoms with E-state index in [1.807, 2.05) is 56.3 Å². The summed E-state index contributed by atoms with van der Waals surface area (Å²) in [6, 6.07) is 13.7. The summed E-state index contributed by atoms with van der Waals surface area (Å²) in [5.74, 6) is -1.87. The number of aryl methyl sites for hydroxylation is 2. The van der Waals surface area contributed by atoms with Crippen molar-refractivity contribution >= 4 is 23.3 Å². The molecule has 4 aliphatic rings. The normalized spacial score (nSPS) is 28.5. The smallest absolute Gasteiger partial charge is 0.238 e. The van der Waals surface area contributed by atoms with Gasteiger partial charge in [0, 0.05) is 12.3 Å². The fraction of sp³-hybridized carbons (Fsp3) is 0.348. The molecule has 4 atom stereocenters. The molecule has 0 unspecified atom stereocenters. The van der Waals surface area contributed by atoms with Crippen molar-refractivity contribution in [1.29, 1.82) is 0 Å². The van der Waals surface area contributed by atoms with Crippen LogP contribution in [0.4, 0.5) is 5.69 Å². The lowest BCUT2D eigenvalue weighted by molar-refractivity contribution is -0.134. The van der Waals surface area contributed by atoms with E-state index >= 15 is 0 Å². The van der Waals surface area contributed by atoms with Gasteiger partial charge < -0.3 is 0 Å². The van der Waals surface area contributed by atoms with E-state index in [0.29, 0.717) is 6.42 Å². The van der Waals surface area contributed by atoms with Crippen LogP contribution in [-0.4, -0.2) is 17.6 Å². The number of hydrogen-bond donors (Lipinski definition) is 0. The van der Waals surface area contributed by atoms with Crippen LogP contribution in [0.5, 0.6) is 0 Å². The monoisotopic (exact) mass is 359 g/mol. The van der Waals surface area contributed by atoms with Crippen molar-refractivity contribution in [1.82, 2.24) is 0 Å². The zero-order valence-electron chi connectivity index (χ0n) is 15.4. The molecule has 4 heteroatoms. The molecule has 2 aromatic rings. The summed E-state index contributed by atoms with van der Waals surface area (Å²) in [7, 11) is 0. The third kappa shape index (κ3) is 2.01. The Morgan fingerprint density at radius 2 is 1.63 bits per heavy atom. The van der Waals surface area contributed by atoms with Crippen LogP contribution in [0.2, 0.25) is 0 Å². The van der Waals surface area contributed by atoms with Gasteiger partial charge in [0.25, 0.3) is 0 Å². The Morgan fingerprint density at radius 1 is 0.926 bits per heavy atom. The lowest BCUT2D eigenvalue weighted by Gasteiger charge is -2.43. The van der Waals surface area contributed by atoms with Gasteiger partial charge in [0.1, 0.15) is 5.78 Å². The van der Waals surface area contributed by atoms with Crippen LogP contribution in [0.1, 0.15) is 47.4 Å². The maximum atomic E-state index is 13.5. The molecule has 2 aromatic carbocycles. The van der Waals surface area contributed by atoms with Gasteiger partial charge in [0.2, 0.25) is 11.8 Å². The Morgan fingerprint density at radius 3 is 2.37 bits per heavy atom. The lowest BCUT2D eigenvalue weighted by atomic mass is 9.56. The number of imide groups is 1.